The first kappa shape index (κ1) is 20.2. The van der Waals surface area contributed by atoms with Crippen LogP contribution in [0, 0.1) is 21.4 Å². The van der Waals surface area contributed by atoms with Gasteiger partial charge in [-0.3, -0.25) is 14.9 Å². The molecule has 3 rings (SSSR count). The van der Waals surface area contributed by atoms with Gasteiger partial charge in [0.1, 0.15) is 11.6 Å². The average Bonchev–Trinajstić information content (AvgIpc) is 2.74. The first-order valence-corrected chi connectivity index (χ1v) is 9.16. The van der Waals surface area contributed by atoms with Gasteiger partial charge in [0.2, 0.25) is 5.75 Å². The number of aromatic hydroxyl groups is 1. The van der Waals surface area contributed by atoms with Crippen LogP contribution in [-0.4, -0.2) is 47.0 Å². The smallest absolute Gasteiger partial charge is 0.312 e. The number of phenols is 1. The molecular weight excluding hydrogens is 396 g/mol. The third-order valence-corrected chi connectivity index (χ3v) is 4.84. The molecule has 1 heterocycles. The van der Waals surface area contributed by atoms with E-state index in [0.29, 0.717) is 26.2 Å². The first-order chi connectivity index (χ1) is 13.9. The molecule has 1 saturated heterocycles. The monoisotopic (exact) mass is 412 g/mol. The highest BCUT2D eigenvalue weighted by atomic mass is 35.5. The van der Waals surface area contributed by atoms with E-state index in [1.54, 1.807) is 4.90 Å². The van der Waals surface area contributed by atoms with Crippen LogP contribution < -0.4 is 4.90 Å². The fourth-order valence-corrected chi connectivity index (χ4v) is 3.35. The Bertz CT molecular complexity index is 1010. The molecule has 0 unspecified atom stereocenters. The van der Waals surface area contributed by atoms with Crippen molar-refractivity contribution in [1.29, 1.82) is 5.26 Å². The molecule has 1 aliphatic heterocycles. The standard InChI is InChI=1S/C20H17ClN4O4/c21-16-11-14(19(26)18(12-16)25(28)29)10-15(13-22)20(27)24-8-6-23(7-9-24)17-4-2-1-3-5-17/h1-5,10-12,26H,6-9H2/b15-10-. The van der Waals surface area contributed by atoms with Gasteiger partial charge >= 0.3 is 5.69 Å². The van der Waals surface area contributed by atoms with Gasteiger partial charge in [-0.05, 0) is 24.3 Å². The van der Waals surface area contributed by atoms with Crippen LogP contribution in [0.15, 0.2) is 48.0 Å². The topological polar surface area (TPSA) is 111 Å². The SMILES string of the molecule is N#C/C(=C/c1cc(Cl)cc([N+](=O)[O-])c1O)C(=O)N1CCN(c2ccccc2)CC1. The fourth-order valence-electron chi connectivity index (χ4n) is 3.13. The number of rotatable bonds is 4. The zero-order valence-electron chi connectivity index (χ0n) is 15.3. The van der Waals surface area contributed by atoms with Crippen molar-refractivity contribution in [3.05, 3.63) is 68.7 Å². The van der Waals surface area contributed by atoms with E-state index in [-0.39, 0.29) is 16.2 Å². The summed E-state index contributed by atoms with van der Waals surface area (Å²) >= 11 is 5.87. The lowest BCUT2D eigenvalue weighted by molar-refractivity contribution is -0.385. The number of nitro groups is 1. The van der Waals surface area contributed by atoms with Gasteiger partial charge in [0.15, 0.2) is 0 Å². The number of para-hydroxylation sites is 1. The Kier molecular flexibility index (Phi) is 6.00. The van der Waals surface area contributed by atoms with Crippen LogP contribution in [0.2, 0.25) is 5.02 Å². The highest BCUT2D eigenvalue weighted by molar-refractivity contribution is 6.31. The van der Waals surface area contributed by atoms with E-state index in [1.165, 1.54) is 6.07 Å². The summed E-state index contributed by atoms with van der Waals surface area (Å²) in [5, 5.41) is 30.6. The summed E-state index contributed by atoms with van der Waals surface area (Å²) in [6.45, 7) is 2.08. The second kappa shape index (κ2) is 8.63. The molecule has 0 aliphatic carbocycles. The Morgan fingerprint density at radius 1 is 1.21 bits per heavy atom. The molecule has 8 nitrogen and oxygen atoms in total. The van der Waals surface area contributed by atoms with Gasteiger partial charge in [0.05, 0.1) is 4.92 Å². The third-order valence-electron chi connectivity index (χ3n) is 4.62. The molecule has 1 N–H and O–H groups in total. The molecule has 0 aromatic heterocycles. The largest absolute Gasteiger partial charge is 0.502 e. The van der Waals surface area contributed by atoms with E-state index >= 15 is 0 Å². The molecule has 0 spiro atoms. The predicted octanol–water partition coefficient (Wildman–Crippen LogP) is 3.21. The zero-order valence-corrected chi connectivity index (χ0v) is 16.0. The van der Waals surface area contributed by atoms with Crippen LogP contribution in [0.4, 0.5) is 11.4 Å². The van der Waals surface area contributed by atoms with Crippen molar-refractivity contribution in [1.82, 2.24) is 4.90 Å². The number of hydrogen-bond acceptors (Lipinski definition) is 6. The van der Waals surface area contributed by atoms with Crippen molar-refractivity contribution >= 4 is 35.0 Å². The summed E-state index contributed by atoms with van der Waals surface area (Å²) < 4.78 is 0. The Hall–Kier alpha value is -3.57. The Balaban J connectivity index is 1.78. The van der Waals surface area contributed by atoms with Crippen LogP contribution in [0.5, 0.6) is 5.75 Å². The quantitative estimate of drug-likeness (QED) is 0.357. The molecule has 2 aromatic rings. The lowest BCUT2D eigenvalue weighted by Crippen LogP contribution is -2.49. The van der Waals surface area contributed by atoms with E-state index in [2.05, 4.69) is 4.90 Å². The number of nitrogens with zero attached hydrogens (tertiary/aromatic N) is 4. The number of carbonyl (C=O) groups is 1. The van der Waals surface area contributed by atoms with Crippen LogP contribution >= 0.6 is 11.6 Å². The van der Waals surface area contributed by atoms with Crippen molar-refractivity contribution < 1.29 is 14.8 Å². The minimum atomic E-state index is -0.783. The minimum Gasteiger partial charge on any atom is -0.502 e. The molecule has 0 bridgehead atoms. The average molecular weight is 413 g/mol. The third kappa shape index (κ3) is 4.47. The summed E-state index contributed by atoms with van der Waals surface area (Å²) in [5.41, 5.74) is 0.179. The molecule has 2 aromatic carbocycles. The van der Waals surface area contributed by atoms with Gasteiger partial charge in [0, 0.05) is 48.5 Å². The fraction of sp³-hybridized carbons (Fsp3) is 0.200. The van der Waals surface area contributed by atoms with Crippen LogP contribution in [0.25, 0.3) is 6.08 Å². The van der Waals surface area contributed by atoms with Gasteiger partial charge in [0.25, 0.3) is 5.91 Å². The molecule has 29 heavy (non-hydrogen) atoms. The number of amides is 1. The van der Waals surface area contributed by atoms with Crippen LogP contribution in [0.3, 0.4) is 0 Å². The number of piperazine rings is 1. The molecular formula is C20H17ClN4O4. The lowest BCUT2D eigenvalue weighted by Gasteiger charge is -2.36. The minimum absolute atomic E-state index is 0.0157. The van der Waals surface area contributed by atoms with Crippen molar-refractivity contribution in [2.75, 3.05) is 31.1 Å². The molecule has 0 atom stereocenters. The number of carbonyl (C=O) groups excluding carboxylic acids is 1. The molecule has 9 heteroatoms. The normalized spacial score (nSPS) is 14.4. The maximum Gasteiger partial charge on any atom is 0.312 e. The maximum absolute atomic E-state index is 12.8. The van der Waals surface area contributed by atoms with E-state index in [9.17, 15) is 25.3 Å². The number of nitriles is 1. The van der Waals surface area contributed by atoms with Gasteiger partial charge in [-0.2, -0.15) is 5.26 Å². The van der Waals surface area contributed by atoms with E-state index in [1.807, 2.05) is 36.4 Å². The molecule has 1 fully saturated rings. The van der Waals surface area contributed by atoms with Gasteiger partial charge in [-0.25, -0.2) is 0 Å². The zero-order chi connectivity index (χ0) is 21.0. The molecule has 0 saturated carbocycles. The summed E-state index contributed by atoms with van der Waals surface area (Å²) in [5.74, 6) is -1.14. The Labute approximate surface area is 172 Å². The van der Waals surface area contributed by atoms with Crippen molar-refractivity contribution in [2.45, 2.75) is 0 Å². The molecule has 1 amide bonds. The molecule has 0 radical (unpaired) electrons. The van der Waals surface area contributed by atoms with Crippen molar-refractivity contribution in [3.63, 3.8) is 0 Å². The van der Waals surface area contributed by atoms with Crippen LogP contribution in [0.1, 0.15) is 5.56 Å². The number of benzene rings is 2. The summed E-state index contributed by atoms with van der Waals surface area (Å²) in [6.07, 6.45) is 1.13. The Morgan fingerprint density at radius 3 is 2.45 bits per heavy atom. The number of hydrogen-bond donors (Lipinski definition) is 1. The molecule has 148 valence electrons. The highest BCUT2D eigenvalue weighted by Gasteiger charge is 2.25. The van der Waals surface area contributed by atoms with E-state index in [0.717, 1.165) is 17.8 Å². The van der Waals surface area contributed by atoms with Gasteiger partial charge in [-0.15, -0.1) is 0 Å². The second-order valence-corrected chi connectivity index (χ2v) is 6.84. The Morgan fingerprint density at radius 2 is 1.86 bits per heavy atom. The predicted molar refractivity (Wildman–Crippen MR) is 109 cm³/mol. The first-order valence-electron chi connectivity index (χ1n) is 8.78. The number of phenolic OH excluding ortho intramolecular Hbond substituents is 1. The number of halogens is 1. The van der Waals surface area contributed by atoms with Crippen molar-refractivity contribution in [2.24, 2.45) is 0 Å². The van der Waals surface area contributed by atoms with Crippen LogP contribution in [-0.2, 0) is 4.79 Å². The maximum atomic E-state index is 12.8. The molecule has 1 aliphatic rings. The van der Waals surface area contributed by atoms with E-state index < -0.39 is 22.3 Å². The van der Waals surface area contributed by atoms with Gasteiger partial charge in [-0.1, -0.05) is 29.8 Å². The van der Waals surface area contributed by atoms with Gasteiger partial charge < -0.3 is 14.9 Å². The number of nitro benzene ring substituents is 1. The summed E-state index contributed by atoms with van der Waals surface area (Å²) in [6, 6.07) is 13.9. The number of anilines is 1. The summed E-state index contributed by atoms with van der Waals surface area (Å²) in [4.78, 5) is 26.7. The highest BCUT2D eigenvalue weighted by Crippen LogP contribution is 2.34. The lowest BCUT2D eigenvalue weighted by atomic mass is 10.1. The second-order valence-electron chi connectivity index (χ2n) is 6.40. The summed E-state index contributed by atoms with van der Waals surface area (Å²) in [7, 11) is 0. The van der Waals surface area contributed by atoms with E-state index in [4.69, 9.17) is 11.6 Å². The van der Waals surface area contributed by atoms with Crippen molar-refractivity contribution in [3.8, 4) is 11.8 Å².